The van der Waals surface area contributed by atoms with Gasteiger partial charge >= 0.3 is 0 Å². The normalized spacial score (nSPS) is 14.4. The summed E-state index contributed by atoms with van der Waals surface area (Å²) in [7, 11) is -1.62. The fourth-order valence-corrected chi connectivity index (χ4v) is 2.62. The largest absolute Gasteiger partial charge is 0.417 e. The minimum absolute atomic E-state index is 0.277. The lowest BCUT2D eigenvalue weighted by atomic mass is 10.00. The third-order valence-corrected chi connectivity index (χ3v) is 8.35. The molecule has 2 nitrogen and oxygen atoms in total. The molecular formula is C14H29NOSi. The van der Waals surface area contributed by atoms with Crippen LogP contribution in [0.15, 0.2) is 0 Å². The summed E-state index contributed by atoms with van der Waals surface area (Å²) < 4.78 is 6.24. The van der Waals surface area contributed by atoms with Crippen LogP contribution < -0.4 is 0 Å². The zero-order valence-corrected chi connectivity index (χ0v) is 13.5. The van der Waals surface area contributed by atoms with E-state index in [4.69, 9.17) is 9.69 Å². The van der Waals surface area contributed by atoms with Crippen molar-refractivity contribution >= 4 is 8.32 Å². The first-order valence-corrected chi connectivity index (χ1v) is 9.66. The molecule has 0 rings (SSSR count). The van der Waals surface area contributed by atoms with Crippen LogP contribution in [0, 0.1) is 17.2 Å². The molecule has 3 heteroatoms. The van der Waals surface area contributed by atoms with Gasteiger partial charge in [-0.05, 0) is 36.9 Å². The molecule has 0 aliphatic rings. The SMILES string of the molecule is CCCC(CCC#N)CO[Si](C)(C)C(C)(C)C. The van der Waals surface area contributed by atoms with E-state index in [1.54, 1.807) is 0 Å². The fraction of sp³-hybridized carbons (Fsp3) is 0.929. The summed E-state index contributed by atoms with van der Waals surface area (Å²) in [5, 5.41) is 8.94. The summed E-state index contributed by atoms with van der Waals surface area (Å²) in [6.45, 7) is 14.4. The number of hydrogen-bond acceptors (Lipinski definition) is 2. The number of hydrogen-bond donors (Lipinski definition) is 0. The van der Waals surface area contributed by atoms with Crippen molar-refractivity contribution in [1.82, 2.24) is 0 Å². The lowest BCUT2D eigenvalue weighted by molar-refractivity contribution is 0.213. The highest BCUT2D eigenvalue weighted by Crippen LogP contribution is 2.37. The summed E-state index contributed by atoms with van der Waals surface area (Å²) in [5.74, 6) is 0.564. The molecule has 1 unspecified atom stereocenters. The molecule has 1 atom stereocenters. The Morgan fingerprint density at radius 2 is 1.82 bits per heavy atom. The Morgan fingerprint density at radius 1 is 1.24 bits per heavy atom. The molecule has 0 saturated heterocycles. The molecule has 0 aromatic heterocycles. The van der Waals surface area contributed by atoms with E-state index in [0.717, 1.165) is 13.0 Å². The Kier molecular flexibility index (Phi) is 7.04. The highest BCUT2D eigenvalue weighted by molar-refractivity contribution is 6.74. The molecular weight excluding hydrogens is 226 g/mol. The summed E-state index contributed by atoms with van der Waals surface area (Å²) in [5.41, 5.74) is 0. The van der Waals surface area contributed by atoms with E-state index in [0.29, 0.717) is 12.3 Å². The van der Waals surface area contributed by atoms with Gasteiger partial charge in [-0.3, -0.25) is 0 Å². The van der Waals surface area contributed by atoms with Crippen molar-refractivity contribution in [2.75, 3.05) is 6.61 Å². The van der Waals surface area contributed by atoms with Crippen molar-refractivity contribution in [3.05, 3.63) is 0 Å². The highest BCUT2D eigenvalue weighted by Gasteiger charge is 2.37. The maximum absolute atomic E-state index is 8.66. The lowest BCUT2D eigenvalue weighted by Crippen LogP contribution is -2.42. The van der Waals surface area contributed by atoms with Crippen LogP contribution in [0.3, 0.4) is 0 Å². The average Bonchev–Trinajstić information content (AvgIpc) is 2.20. The van der Waals surface area contributed by atoms with E-state index in [1.807, 2.05) is 0 Å². The van der Waals surface area contributed by atoms with Crippen LogP contribution in [0.4, 0.5) is 0 Å². The molecule has 0 N–H and O–H groups in total. The van der Waals surface area contributed by atoms with Crippen LogP contribution in [0.25, 0.3) is 0 Å². The molecule has 0 aliphatic heterocycles. The second-order valence-electron chi connectivity index (χ2n) is 6.42. The monoisotopic (exact) mass is 255 g/mol. The van der Waals surface area contributed by atoms with Crippen LogP contribution >= 0.6 is 0 Å². The van der Waals surface area contributed by atoms with Gasteiger partial charge in [0.05, 0.1) is 6.07 Å². The molecule has 100 valence electrons. The zero-order valence-electron chi connectivity index (χ0n) is 12.5. The standard InChI is InChI=1S/C14H29NOSi/c1-7-9-13(10-8-11-15)12-16-17(5,6)14(2,3)4/h13H,7-10,12H2,1-6H3. The smallest absolute Gasteiger partial charge is 0.191 e. The molecule has 0 aromatic carbocycles. The van der Waals surface area contributed by atoms with Crippen LogP contribution in [0.5, 0.6) is 0 Å². The Hall–Kier alpha value is -0.333. The highest BCUT2D eigenvalue weighted by atomic mass is 28.4. The zero-order chi connectivity index (χ0) is 13.5. The molecule has 17 heavy (non-hydrogen) atoms. The van der Waals surface area contributed by atoms with Gasteiger partial charge in [-0.15, -0.1) is 0 Å². The lowest BCUT2D eigenvalue weighted by Gasteiger charge is -2.37. The quantitative estimate of drug-likeness (QED) is 0.616. The number of nitrogens with zero attached hydrogens (tertiary/aromatic N) is 1. The van der Waals surface area contributed by atoms with Gasteiger partial charge in [-0.2, -0.15) is 5.26 Å². The minimum atomic E-state index is -1.62. The van der Waals surface area contributed by atoms with E-state index >= 15 is 0 Å². The van der Waals surface area contributed by atoms with E-state index in [1.165, 1.54) is 12.8 Å². The van der Waals surface area contributed by atoms with Gasteiger partial charge in [-0.1, -0.05) is 34.1 Å². The van der Waals surface area contributed by atoms with Crippen molar-refractivity contribution in [1.29, 1.82) is 5.26 Å². The summed E-state index contributed by atoms with van der Waals surface area (Å²) >= 11 is 0. The molecule has 0 spiro atoms. The van der Waals surface area contributed by atoms with Crippen molar-refractivity contribution in [2.24, 2.45) is 5.92 Å². The van der Waals surface area contributed by atoms with E-state index in [-0.39, 0.29) is 5.04 Å². The Labute approximate surface area is 108 Å². The van der Waals surface area contributed by atoms with Crippen LogP contribution in [-0.2, 0) is 4.43 Å². The third-order valence-electron chi connectivity index (χ3n) is 3.85. The van der Waals surface area contributed by atoms with E-state index < -0.39 is 8.32 Å². The first-order chi connectivity index (χ1) is 7.74. The first kappa shape index (κ1) is 16.7. The van der Waals surface area contributed by atoms with Crippen molar-refractivity contribution in [2.45, 2.75) is 71.5 Å². The van der Waals surface area contributed by atoms with Gasteiger partial charge in [0.15, 0.2) is 8.32 Å². The Bertz CT molecular complexity index is 250. The van der Waals surface area contributed by atoms with Crippen LogP contribution in [0.2, 0.25) is 18.1 Å². The molecule has 0 saturated carbocycles. The molecule has 0 aliphatic carbocycles. The van der Waals surface area contributed by atoms with Crippen LogP contribution in [-0.4, -0.2) is 14.9 Å². The molecule has 0 fully saturated rings. The van der Waals surface area contributed by atoms with Gasteiger partial charge in [0.1, 0.15) is 0 Å². The number of nitriles is 1. The van der Waals surface area contributed by atoms with Gasteiger partial charge in [0.25, 0.3) is 0 Å². The maximum Gasteiger partial charge on any atom is 0.191 e. The first-order valence-electron chi connectivity index (χ1n) is 6.75. The molecule has 0 heterocycles. The van der Waals surface area contributed by atoms with Gasteiger partial charge in [-0.25, -0.2) is 0 Å². The van der Waals surface area contributed by atoms with E-state index in [9.17, 15) is 0 Å². The third kappa shape index (κ3) is 6.23. The topological polar surface area (TPSA) is 33.0 Å². The fourth-order valence-electron chi connectivity index (χ4n) is 1.53. The Balaban J connectivity index is 4.25. The average molecular weight is 255 g/mol. The van der Waals surface area contributed by atoms with Crippen LogP contribution in [0.1, 0.15) is 53.4 Å². The molecule has 0 radical (unpaired) electrons. The van der Waals surface area contributed by atoms with Crippen molar-refractivity contribution < 1.29 is 4.43 Å². The predicted octanol–water partition coefficient (Wildman–Crippen LogP) is 4.73. The summed E-state index contributed by atoms with van der Waals surface area (Å²) in [4.78, 5) is 0. The molecule has 0 aromatic rings. The van der Waals surface area contributed by atoms with Crippen molar-refractivity contribution in [3.8, 4) is 6.07 Å². The second kappa shape index (κ2) is 7.18. The second-order valence-corrected chi connectivity index (χ2v) is 11.2. The van der Waals surface area contributed by atoms with Crippen molar-refractivity contribution in [3.63, 3.8) is 0 Å². The maximum atomic E-state index is 8.66. The predicted molar refractivity (Wildman–Crippen MR) is 76.4 cm³/mol. The van der Waals surface area contributed by atoms with E-state index in [2.05, 4.69) is 46.9 Å². The van der Waals surface area contributed by atoms with Gasteiger partial charge in [0.2, 0.25) is 0 Å². The summed E-state index contributed by atoms with van der Waals surface area (Å²) in [6, 6.07) is 2.24. The molecule has 0 bridgehead atoms. The molecule has 0 amide bonds. The Morgan fingerprint density at radius 3 is 2.24 bits per heavy atom. The summed E-state index contributed by atoms with van der Waals surface area (Å²) in [6.07, 6.45) is 4.00. The minimum Gasteiger partial charge on any atom is -0.417 e. The number of rotatable bonds is 7. The van der Waals surface area contributed by atoms with Gasteiger partial charge in [0, 0.05) is 13.0 Å². The van der Waals surface area contributed by atoms with Gasteiger partial charge < -0.3 is 4.43 Å².